The lowest BCUT2D eigenvalue weighted by Gasteiger charge is -2.18. The number of hydrogen-bond acceptors (Lipinski definition) is 3. The van der Waals surface area contributed by atoms with E-state index in [2.05, 4.69) is 16.3 Å². The number of carbonyl (C=O) groups is 1. The molecule has 0 spiro atoms. The molecule has 0 unspecified atom stereocenters. The second-order valence-corrected chi connectivity index (χ2v) is 6.83. The van der Waals surface area contributed by atoms with Crippen LogP contribution in [0.25, 0.3) is 0 Å². The van der Waals surface area contributed by atoms with Gasteiger partial charge in [-0.1, -0.05) is 17.7 Å². The quantitative estimate of drug-likeness (QED) is 0.798. The standard InChI is InChI=1S/C18H19ClN2OS/c1-23-15-7-8-17(19)16(12-15)18(22)20-13-5-4-6-14(11-13)21-9-2-3-10-21/h4-8,11-12H,2-3,9-10H2,1H3,(H,20,22). The summed E-state index contributed by atoms with van der Waals surface area (Å²) in [6, 6.07) is 13.5. The number of amides is 1. The van der Waals surface area contributed by atoms with Gasteiger partial charge in [-0.15, -0.1) is 11.8 Å². The summed E-state index contributed by atoms with van der Waals surface area (Å²) in [4.78, 5) is 15.9. The molecule has 1 aliphatic heterocycles. The number of nitrogens with one attached hydrogen (secondary N) is 1. The van der Waals surface area contributed by atoms with Gasteiger partial charge in [0.25, 0.3) is 5.91 Å². The van der Waals surface area contributed by atoms with E-state index in [1.807, 2.05) is 36.6 Å². The number of nitrogens with zero attached hydrogens (tertiary/aromatic N) is 1. The summed E-state index contributed by atoms with van der Waals surface area (Å²) in [7, 11) is 0. The topological polar surface area (TPSA) is 32.3 Å². The van der Waals surface area contributed by atoms with E-state index in [1.54, 1.807) is 17.8 Å². The highest BCUT2D eigenvalue weighted by Crippen LogP contribution is 2.26. The minimum absolute atomic E-state index is 0.176. The third-order valence-electron chi connectivity index (χ3n) is 3.99. The van der Waals surface area contributed by atoms with Gasteiger partial charge in [0.2, 0.25) is 0 Å². The lowest BCUT2D eigenvalue weighted by molar-refractivity contribution is 0.102. The van der Waals surface area contributed by atoms with Gasteiger partial charge in [-0.3, -0.25) is 4.79 Å². The molecular formula is C18H19ClN2OS. The maximum Gasteiger partial charge on any atom is 0.257 e. The van der Waals surface area contributed by atoms with E-state index in [0.717, 1.165) is 29.4 Å². The van der Waals surface area contributed by atoms with Crippen LogP contribution in [0.2, 0.25) is 5.02 Å². The van der Waals surface area contributed by atoms with Gasteiger partial charge in [-0.05, 0) is 55.5 Å². The van der Waals surface area contributed by atoms with Crippen molar-refractivity contribution in [3.63, 3.8) is 0 Å². The molecule has 0 aromatic heterocycles. The number of anilines is 2. The number of carbonyl (C=O) groups excluding carboxylic acids is 1. The third-order valence-corrected chi connectivity index (χ3v) is 5.05. The van der Waals surface area contributed by atoms with Crippen LogP contribution in [0.15, 0.2) is 47.4 Å². The Labute approximate surface area is 146 Å². The summed E-state index contributed by atoms with van der Waals surface area (Å²) >= 11 is 7.76. The van der Waals surface area contributed by atoms with Crippen molar-refractivity contribution in [3.05, 3.63) is 53.1 Å². The number of hydrogen-bond donors (Lipinski definition) is 1. The van der Waals surface area contributed by atoms with E-state index in [0.29, 0.717) is 10.6 Å². The van der Waals surface area contributed by atoms with Crippen LogP contribution in [0, 0.1) is 0 Å². The van der Waals surface area contributed by atoms with Crippen LogP contribution in [0.1, 0.15) is 23.2 Å². The molecule has 0 bridgehead atoms. The maximum absolute atomic E-state index is 12.5. The summed E-state index contributed by atoms with van der Waals surface area (Å²) < 4.78 is 0. The van der Waals surface area contributed by atoms with Crippen LogP contribution >= 0.6 is 23.4 Å². The van der Waals surface area contributed by atoms with Gasteiger partial charge in [0, 0.05) is 29.4 Å². The Morgan fingerprint density at radius 3 is 2.70 bits per heavy atom. The summed E-state index contributed by atoms with van der Waals surface area (Å²) in [5.41, 5.74) is 2.46. The van der Waals surface area contributed by atoms with Crippen LogP contribution in [-0.4, -0.2) is 25.3 Å². The molecule has 5 heteroatoms. The highest BCUT2D eigenvalue weighted by atomic mass is 35.5. The Morgan fingerprint density at radius 2 is 1.96 bits per heavy atom. The Bertz CT molecular complexity index is 714. The van der Waals surface area contributed by atoms with Crippen LogP contribution in [0.5, 0.6) is 0 Å². The van der Waals surface area contributed by atoms with Crippen molar-refractivity contribution in [1.82, 2.24) is 0 Å². The van der Waals surface area contributed by atoms with Gasteiger partial charge in [0.15, 0.2) is 0 Å². The molecule has 0 radical (unpaired) electrons. The Hall–Kier alpha value is -1.65. The fraction of sp³-hybridized carbons (Fsp3) is 0.278. The molecule has 3 nitrogen and oxygen atoms in total. The molecule has 0 saturated carbocycles. The minimum Gasteiger partial charge on any atom is -0.371 e. The molecule has 1 heterocycles. The first-order chi connectivity index (χ1) is 11.2. The Balaban J connectivity index is 1.79. The molecule has 3 rings (SSSR count). The van der Waals surface area contributed by atoms with Crippen molar-refractivity contribution in [2.75, 3.05) is 29.6 Å². The average Bonchev–Trinajstić information content (AvgIpc) is 3.10. The van der Waals surface area contributed by atoms with Crippen molar-refractivity contribution in [3.8, 4) is 0 Å². The minimum atomic E-state index is -0.176. The monoisotopic (exact) mass is 346 g/mol. The molecule has 1 N–H and O–H groups in total. The second-order valence-electron chi connectivity index (χ2n) is 5.54. The molecule has 1 fully saturated rings. The number of thioether (sulfide) groups is 1. The molecule has 2 aromatic rings. The Morgan fingerprint density at radius 1 is 1.17 bits per heavy atom. The average molecular weight is 347 g/mol. The fourth-order valence-electron chi connectivity index (χ4n) is 2.76. The van der Waals surface area contributed by atoms with Crippen molar-refractivity contribution in [2.45, 2.75) is 17.7 Å². The number of benzene rings is 2. The first-order valence-electron chi connectivity index (χ1n) is 7.67. The van der Waals surface area contributed by atoms with Crippen LogP contribution in [-0.2, 0) is 0 Å². The predicted octanol–water partition coefficient (Wildman–Crippen LogP) is 4.91. The zero-order valence-electron chi connectivity index (χ0n) is 13.0. The van der Waals surface area contributed by atoms with Gasteiger partial charge >= 0.3 is 0 Å². The van der Waals surface area contributed by atoms with Crippen LogP contribution in [0.4, 0.5) is 11.4 Å². The van der Waals surface area contributed by atoms with E-state index < -0.39 is 0 Å². The largest absolute Gasteiger partial charge is 0.371 e. The molecule has 0 atom stereocenters. The number of halogens is 1. The lowest BCUT2D eigenvalue weighted by atomic mass is 10.2. The zero-order valence-corrected chi connectivity index (χ0v) is 14.6. The van der Waals surface area contributed by atoms with Crippen molar-refractivity contribution in [1.29, 1.82) is 0 Å². The molecule has 0 aliphatic carbocycles. The smallest absolute Gasteiger partial charge is 0.257 e. The summed E-state index contributed by atoms with van der Waals surface area (Å²) in [5.74, 6) is -0.176. The molecular weight excluding hydrogens is 328 g/mol. The normalized spacial score (nSPS) is 14.1. The molecule has 2 aromatic carbocycles. The maximum atomic E-state index is 12.5. The van der Waals surface area contributed by atoms with Crippen molar-refractivity contribution < 1.29 is 4.79 Å². The zero-order chi connectivity index (χ0) is 16.2. The van der Waals surface area contributed by atoms with E-state index in [1.165, 1.54) is 12.8 Å². The molecule has 1 aliphatic rings. The van der Waals surface area contributed by atoms with Gasteiger partial charge in [-0.2, -0.15) is 0 Å². The molecule has 1 amide bonds. The highest BCUT2D eigenvalue weighted by Gasteiger charge is 2.14. The summed E-state index contributed by atoms with van der Waals surface area (Å²) in [6.45, 7) is 2.16. The highest BCUT2D eigenvalue weighted by molar-refractivity contribution is 7.98. The van der Waals surface area contributed by atoms with Gasteiger partial charge in [-0.25, -0.2) is 0 Å². The second kappa shape index (κ2) is 7.28. The molecule has 23 heavy (non-hydrogen) atoms. The SMILES string of the molecule is CSc1ccc(Cl)c(C(=O)Nc2cccc(N3CCCC3)c2)c1. The van der Waals surface area contributed by atoms with E-state index in [9.17, 15) is 4.79 Å². The first kappa shape index (κ1) is 16.2. The summed E-state index contributed by atoms with van der Waals surface area (Å²) in [6.07, 6.45) is 4.44. The first-order valence-corrected chi connectivity index (χ1v) is 9.27. The van der Waals surface area contributed by atoms with Gasteiger partial charge < -0.3 is 10.2 Å². The predicted molar refractivity (Wildman–Crippen MR) is 99.1 cm³/mol. The molecule has 120 valence electrons. The van der Waals surface area contributed by atoms with Gasteiger partial charge in [0.05, 0.1) is 10.6 Å². The van der Waals surface area contributed by atoms with E-state index in [4.69, 9.17) is 11.6 Å². The van der Waals surface area contributed by atoms with Crippen LogP contribution < -0.4 is 10.2 Å². The summed E-state index contributed by atoms with van der Waals surface area (Å²) in [5, 5.41) is 3.42. The number of rotatable bonds is 4. The van der Waals surface area contributed by atoms with Gasteiger partial charge in [0.1, 0.15) is 0 Å². The van der Waals surface area contributed by atoms with E-state index in [-0.39, 0.29) is 5.91 Å². The van der Waals surface area contributed by atoms with E-state index >= 15 is 0 Å². The Kier molecular flexibility index (Phi) is 5.13. The third kappa shape index (κ3) is 3.82. The van der Waals surface area contributed by atoms with Crippen molar-refractivity contribution in [2.24, 2.45) is 0 Å². The van der Waals surface area contributed by atoms with Crippen molar-refractivity contribution >= 4 is 40.6 Å². The lowest BCUT2D eigenvalue weighted by Crippen LogP contribution is -2.18. The van der Waals surface area contributed by atoms with Crippen LogP contribution in [0.3, 0.4) is 0 Å². The molecule has 1 saturated heterocycles. The fourth-order valence-corrected chi connectivity index (χ4v) is 3.40.